The van der Waals surface area contributed by atoms with E-state index in [0.29, 0.717) is 0 Å². The Balaban J connectivity index is 2.70. The van der Waals surface area contributed by atoms with E-state index in [1.165, 1.54) is 11.1 Å². The van der Waals surface area contributed by atoms with Crippen molar-refractivity contribution < 1.29 is 4.84 Å². The standard InChI is InChI=1S/C11H17BrN2O/c1-14(2)8-10-5-4-9(6-11(10)12)7-13-15-3/h4-6,13H,7-8H2,1-3H3. The zero-order chi connectivity index (χ0) is 11.3. The van der Waals surface area contributed by atoms with Crippen molar-refractivity contribution in [3.63, 3.8) is 0 Å². The van der Waals surface area contributed by atoms with Crippen LogP contribution in [0.2, 0.25) is 0 Å². The van der Waals surface area contributed by atoms with Crippen LogP contribution < -0.4 is 5.48 Å². The van der Waals surface area contributed by atoms with E-state index in [1.807, 2.05) is 0 Å². The molecule has 0 spiro atoms. The molecule has 0 aliphatic heterocycles. The van der Waals surface area contributed by atoms with E-state index in [0.717, 1.165) is 17.6 Å². The minimum absolute atomic E-state index is 0.720. The van der Waals surface area contributed by atoms with Crippen molar-refractivity contribution in [2.75, 3.05) is 21.2 Å². The molecule has 1 aromatic rings. The van der Waals surface area contributed by atoms with Crippen molar-refractivity contribution in [3.8, 4) is 0 Å². The van der Waals surface area contributed by atoms with Crippen LogP contribution >= 0.6 is 15.9 Å². The average Bonchev–Trinajstić information content (AvgIpc) is 2.18. The summed E-state index contributed by atoms with van der Waals surface area (Å²) >= 11 is 3.57. The van der Waals surface area contributed by atoms with Crippen molar-refractivity contribution in [2.45, 2.75) is 13.1 Å². The van der Waals surface area contributed by atoms with E-state index in [2.05, 4.69) is 58.6 Å². The van der Waals surface area contributed by atoms with E-state index in [9.17, 15) is 0 Å². The normalized spacial score (nSPS) is 11.0. The van der Waals surface area contributed by atoms with Crippen molar-refractivity contribution in [3.05, 3.63) is 33.8 Å². The lowest BCUT2D eigenvalue weighted by Crippen LogP contribution is -2.13. The first-order chi connectivity index (χ1) is 7.13. The number of nitrogens with one attached hydrogen (secondary N) is 1. The topological polar surface area (TPSA) is 24.5 Å². The van der Waals surface area contributed by atoms with Crippen LogP contribution in [0, 0.1) is 0 Å². The molecule has 15 heavy (non-hydrogen) atoms. The Morgan fingerprint density at radius 2 is 2.13 bits per heavy atom. The first-order valence-electron chi connectivity index (χ1n) is 4.81. The first-order valence-corrected chi connectivity index (χ1v) is 5.60. The molecule has 3 nitrogen and oxygen atoms in total. The molecule has 0 atom stereocenters. The number of halogens is 1. The Labute approximate surface area is 99.5 Å². The predicted octanol–water partition coefficient (Wildman–Crippen LogP) is 2.16. The van der Waals surface area contributed by atoms with Crippen LogP contribution in [0.4, 0.5) is 0 Å². The monoisotopic (exact) mass is 272 g/mol. The second-order valence-corrected chi connectivity index (χ2v) is 4.54. The SMILES string of the molecule is CONCc1ccc(CN(C)C)c(Br)c1. The van der Waals surface area contributed by atoms with Crippen LogP contribution in [0.3, 0.4) is 0 Å². The largest absolute Gasteiger partial charge is 0.305 e. The van der Waals surface area contributed by atoms with Gasteiger partial charge in [-0.05, 0) is 31.3 Å². The molecule has 0 heterocycles. The molecule has 0 bridgehead atoms. The van der Waals surface area contributed by atoms with Gasteiger partial charge in [0.1, 0.15) is 0 Å². The molecular formula is C11H17BrN2O. The van der Waals surface area contributed by atoms with Gasteiger partial charge >= 0.3 is 0 Å². The van der Waals surface area contributed by atoms with E-state index in [4.69, 9.17) is 4.84 Å². The molecule has 0 radical (unpaired) electrons. The molecule has 0 aromatic heterocycles. The molecule has 0 saturated heterocycles. The molecule has 1 N–H and O–H groups in total. The van der Waals surface area contributed by atoms with Gasteiger partial charge in [-0.3, -0.25) is 0 Å². The number of hydrogen-bond donors (Lipinski definition) is 1. The fourth-order valence-corrected chi connectivity index (χ4v) is 1.88. The molecular weight excluding hydrogens is 256 g/mol. The average molecular weight is 273 g/mol. The molecule has 84 valence electrons. The summed E-state index contributed by atoms with van der Waals surface area (Å²) in [5.41, 5.74) is 5.31. The fourth-order valence-electron chi connectivity index (χ4n) is 1.33. The van der Waals surface area contributed by atoms with Crippen LogP contribution in [-0.2, 0) is 17.9 Å². The summed E-state index contributed by atoms with van der Waals surface area (Å²) in [4.78, 5) is 6.95. The zero-order valence-corrected chi connectivity index (χ0v) is 11.0. The Kier molecular flexibility index (Phi) is 5.25. The molecule has 1 rings (SSSR count). The molecule has 1 aromatic carbocycles. The van der Waals surface area contributed by atoms with Gasteiger partial charge in [-0.15, -0.1) is 0 Å². The highest BCUT2D eigenvalue weighted by atomic mass is 79.9. The molecule has 0 amide bonds. The quantitative estimate of drug-likeness (QED) is 0.832. The van der Waals surface area contributed by atoms with Gasteiger partial charge in [-0.1, -0.05) is 28.1 Å². The Hall–Kier alpha value is -0.420. The number of benzene rings is 1. The third-order valence-corrected chi connectivity index (χ3v) is 2.76. The van der Waals surface area contributed by atoms with E-state index < -0.39 is 0 Å². The summed E-state index contributed by atoms with van der Waals surface area (Å²) in [6, 6.07) is 6.36. The minimum Gasteiger partial charge on any atom is -0.305 e. The number of rotatable bonds is 5. The highest BCUT2D eigenvalue weighted by Gasteiger charge is 2.02. The summed E-state index contributed by atoms with van der Waals surface area (Å²) in [6.45, 7) is 1.66. The molecule has 0 aliphatic rings. The molecule has 0 aliphatic carbocycles. The number of nitrogens with zero attached hydrogens (tertiary/aromatic N) is 1. The third kappa shape index (κ3) is 4.30. The fraction of sp³-hybridized carbons (Fsp3) is 0.455. The van der Waals surface area contributed by atoms with Gasteiger partial charge in [-0.25, -0.2) is 0 Å². The summed E-state index contributed by atoms with van der Waals surface area (Å²) in [6.07, 6.45) is 0. The number of hydroxylamine groups is 1. The van der Waals surface area contributed by atoms with Gasteiger partial charge in [0, 0.05) is 17.6 Å². The van der Waals surface area contributed by atoms with Crippen molar-refractivity contribution in [2.24, 2.45) is 0 Å². The lowest BCUT2D eigenvalue weighted by Gasteiger charge is -2.12. The van der Waals surface area contributed by atoms with Crippen LogP contribution in [0.25, 0.3) is 0 Å². The van der Waals surface area contributed by atoms with Gasteiger partial charge in [0.05, 0.1) is 7.11 Å². The van der Waals surface area contributed by atoms with E-state index in [-0.39, 0.29) is 0 Å². The molecule has 0 fully saturated rings. The first kappa shape index (κ1) is 12.6. The van der Waals surface area contributed by atoms with Gasteiger partial charge < -0.3 is 9.74 Å². The summed E-state index contributed by atoms with van der Waals surface area (Å²) < 4.78 is 1.15. The maximum absolute atomic E-state index is 4.81. The third-order valence-electron chi connectivity index (χ3n) is 2.02. The minimum atomic E-state index is 0.720. The van der Waals surface area contributed by atoms with Crippen LogP contribution in [0.5, 0.6) is 0 Å². The smallest absolute Gasteiger partial charge is 0.0572 e. The molecule has 4 heteroatoms. The van der Waals surface area contributed by atoms with Gasteiger partial charge in [0.15, 0.2) is 0 Å². The summed E-state index contributed by atoms with van der Waals surface area (Å²) in [5.74, 6) is 0. The van der Waals surface area contributed by atoms with Gasteiger partial charge in [0.25, 0.3) is 0 Å². The Morgan fingerprint density at radius 3 is 2.67 bits per heavy atom. The lowest BCUT2D eigenvalue weighted by molar-refractivity contribution is 0.0867. The second-order valence-electron chi connectivity index (χ2n) is 3.69. The molecule has 0 unspecified atom stereocenters. The van der Waals surface area contributed by atoms with E-state index >= 15 is 0 Å². The van der Waals surface area contributed by atoms with Gasteiger partial charge in [-0.2, -0.15) is 5.48 Å². The maximum Gasteiger partial charge on any atom is 0.0572 e. The lowest BCUT2D eigenvalue weighted by atomic mass is 10.1. The Bertz CT molecular complexity index is 315. The molecule has 0 saturated carbocycles. The van der Waals surface area contributed by atoms with Crippen molar-refractivity contribution in [1.29, 1.82) is 0 Å². The second kappa shape index (κ2) is 6.23. The zero-order valence-electron chi connectivity index (χ0n) is 9.38. The highest BCUT2D eigenvalue weighted by molar-refractivity contribution is 9.10. The van der Waals surface area contributed by atoms with Crippen LogP contribution in [-0.4, -0.2) is 26.1 Å². The predicted molar refractivity (Wildman–Crippen MR) is 65.4 cm³/mol. The summed E-state index contributed by atoms with van der Waals surface area (Å²) in [5, 5.41) is 0. The van der Waals surface area contributed by atoms with E-state index in [1.54, 1.807) is 7.11 Å². The van der Waals surface area contributed by atoms with Crippen LogP contribution in [0.15, 0.2) is 22.7 Å². The van der Waals surface area contributed by atoms with Crippen molar-refractivity contribution in [1.82, 2.24) is 10.4 Å². The number of hydrogen-bond acceptors (Lipinski definition) is 3. The van der Waals surface area contributed by atoms with Crippen molar-refractivity contribution >= 4 is 15.9 Å². The summed E-state index contributed by atoms with van der Waals surface area (Å²) in [7, 11) is 5.75. The van der Waals surface area contributed by atoms with Crippen LogP contribution in [0.1, 0.15) is 11.1 Å². The maximum atomic E-state index is 4.81. The van der Waals surface area contributed by atoms with Gasteiger partial charge in [0.2, 0.25) is 0 Å². The Morgan fingerprint density at radius 1 is 1.40 bits per heavy atom. The highest BCUT2D eigenvalue weighted by Crippen LogP contribution is 2.19.